The number of fused-ring (bicyclic) bond motifs is 1. The number of hydrogen-bond donors (Lipinski definition) is 1. The van der Waals surface area contributed by atoms with Gasteiger partial charge in [0.2, 0.25) is 0 Å². The molecule has 0 fully saturated rings. The minimum absolute atomic E-state index is 0.111. The van der Waals surface area contributed by atoms with Crippen LogP contribution in [0.25, 0.3) is 10.2 Å². The molecule has 1 heterocycles. The Kier molecular flexibility index (Phi) is 4.37. The molecule has 104 valence electrons. The normalized spacial score (nSPS) is 13.6. The third-order valence-electron chi connectivity index (χ3n) is 2.51. The first kappa shape index (κ1) is 14.6. The zero-order chi connectivity index (χ0) is 14.0. The Morgan fingerprint density at radius 3 is 2.84 bits per heavy atom. The first-order chi connectivity index (χ1) is 8.87. The summed E-state index contributed by atoms with van der Waals surface area (Å²) >= 11 is 3.28. The van der Waals surface area contributed by atoms with Gasteiger partial charge in [-0.05, 0) is 31.4 Å². The number of benzene rings is 1. The summed E-state index contributed by atoms with van der Waals surface area (Å²) in [5.74, 6) is 0.129. The number of rotatable bonds is 5. The van der Waals surface area contributed by atoms with Crippen molar-refractivity contribution in [3.8, 4) is 0 Å². The second-order valence-corrected chi connectivity index (χ2v) is 8.77. The van der Waals surface area contributed by atoms with Crippen LogP contribution in [0.15, 0.2) is 22.5 Å². The van der Waals surface area contributed by atoms with Crippen LogP contribution in [0.2, 0.25) is 0 Å². The van der Waals surface area contributed by atoms with E-state index in [9.17, 15) is 8.42 Å². The van der Waals surface area contributed by atoms with Gasteiger partial charge >= 0.3 is 0 Å². The number of nitrogens with zero attached hydrogens (tertiary/aromatic N) is 1. The van der Waals surface area contributed by atoms with Crippen molar-refractivity contribution in [3.63, 3.8) is 0 Å². The van der Waals surface area contributed by atoms with E-state index in [1.165, 1.54) is 6.26 Å². The highest BCUT2D eigenvalue weighted by Gasteiger charge is 2.11. The first-order valence-electron chi connectivity index (χ1n) is 5.76. The third kappa shape index (κ3) is 4.09. The lowest BCUT2D eigenvalue weighted by molar-refractivity contribution is 0.598. The molecule has 1 aromatic heterocycles. The van der Waals surface area contributed by atoms with Crippen LogP contribution in [-0.2, 0) is 9.84 Å². The van der Waals surface area contributed by atoms with Gasteiger partial charge in [-0.25, -0.2) is 13.4 Å². The molecule has 0 bridgehead atoms. The van der Waals surface area contributed by atoms with Gasteiger partial charge in [0.1, 0.15) is 9.84 Å². The van der Waals surface area contributed by atoms with Gasteiger partial charge in [0.15, 0.2) is 4.34 Å². The van der Waals surface area contributed by atoms with E-state index in [-0.39, 0.29) is 11.8 Å². The largest absolute Gasteiger partial charge is 0.382 e. The summed E-state index contributed by atoms with van der Waals surface area (Å²) in [4.78, 5) is 4.47. The Morgan fingerprint density at radius 1 is 1.47 bits per heavy atom. The molecule has 7 heteroatoms. The maximum Gasteiger partial charge on any atom is 0.150 e. The van der Waals surface area contributed by atoms with E-state index in [4.69, 9.17) is 0 Å². The zero-order valence-corrected chi connectivity index (χ0v) is 13.5. The zero-order valence-electron chi connectivity index (χ0n) is 11.0. The number of sulfone groups is 1. The van der Waals surface area contributed by atoms with Gasteiger partial charge in [-0.1, -0.05) is 11.8 Å². The van der Waals surface area contributed by atoms with E-state index >= 15 is 0 Å². The standard InChI is InChI=1S/C12H16N2O2S3/c1-8(7-19(3,15)16)13-9-4-5-10-11(6-9)18-12(14-10)17-2/h4-6,8,13H,7H2,1-3H3. The summed E-state index contributed by atoms with van der Waals surface area (Å²) in [6, 6.07) is 5.80. The number of nitrogens with one attached hydrogen (secondary N) is 1. The van der Waals surface area contributed by atoms with Crippen molar-refractivity contribution in [2.24, 2.45) is 0 Å². The Morgan fingerprint density at radius 2 is 2.21 bits per heavy atom. The molecule has 1 aromatic carbocycles. The van der Waals surface area contributed by atoms with E-state index < -0.39 is 9.84 Å². The molecule has 1 unspecified atom stereocenters. The number of hydrogen-bond acceptors (Lipinski definition) is 6. The molecule has 1 atom stereocenters. The van der Waals surface area contributed by atoms with Crippen LogP contribution in [0.5, 0.6) is 0 Å². The summed E-state index contributed by atoms with van der Waals surface area (Å²) in [6.45, 7) is 1.87. The molecule has 1 N–H and O–H groups in total. The summed E-state index contributed by atoms with van der Waals surface area (Å²) in [5.41, 5.74) is 1.91. The predicted octanol–water partition coefficient (Wildman–Crippen LogP) is 2.86. The van der Waals surface area contributed by atoms with Crippen LogP contribution < -0.4 is 5.32 Å². The molecule has 19 heavy (non-hydrogen) atoms. The van der Waals surface area contributed by atoms with Crippen LogP contribution >= 0.6 is 23.1 Å². The Hall–Kier alpha value is -0.790. The topological polar surface area (TPSA) is 59.1 Å². The molecule has 2 aromatic rings. The Bertz CT molecular complexity index is 679. The van der Waals surface area contributed by atoms with E-state index in [2.05, 4.69) is 10.3 Å². The smallest absolute Gasteiger partial charge is 0.150 e. The molecule has 2 rings (SSSR count). The lowest BCUT2D eigenvalue weighted by Gasteiger charge is -2.13. The highest BCUT2D eigenvalue weighted by atomic mass is 32.2. The molecule has 0 radical (unpaired) electrons. The maximum absolute atomic E-state index is 11.2. The molecule has 0 aliphatic heterocycles. The molecule has 0 spiro atoms. The van der Waals surface area contributed by atoms with E-state index in [0.717, 1.165) is 20.2 Å². The van der Waals surface area contributed by atoms with Crippen LogP contribution in [0, 0.1) is 0 Å². The first-order valence-corrected chi connectivity index (χ1v) is 9.86. The van der Waals surface area contributed by atoms with Crippen LogP contribution in [0.3, 0.4) is 0 Å². The number of aromatic nitrogens is 1. The maximum atomic E-state index is 11.2. The van der Waals surface area contributed by atoms with Gasteiger partial charge in [-0.15, -0.1) is 11.3 Å². The van der Waals surface area contributed by atoms with Crippen molar-refractivity contribution in [2.45, 2.75) is 17.3 Å². The van der Waals surface area contributed by atoms with Crippen molar-refractivity contribution in [1.29, 1.82) is 0 Å². The molecule has 0 aliphatic carbocycles. The third-order valence-corrected chi connectivity index (χ3v) is 5.62. The second-order valence-electron chi connectivity index (χ2n) is 4.50. The predicted molar refractivity (Wildman–Crippen MR) is 84.2 cm³/mol. The second kappa shape index (κ2) is 5.68. The molecule has 0 aliphatic rings. The number of thiazole rings is 1. The van der Waals surface area contributed by atoms with Gasteiger partial charge in [0.25, 0.3) is 0 Å². The molecule has 0 saturated heterocycles. The minimum atomic E-state index is -2.96. The van der Waals surface area contributed by atoms with Gasteiger partial charge in [-0.2, -0.15) is 0 Å². The quantitative estimate of drug-likeness (QED) is 0.860. The van der Waals surface area contributed by atoms with Crippen LogP contribution in [0.4, 0.5) is 5.69 Å². The molecule has 0 amide bonds. The molecular weight excluding hydrogens is 300 g/mol. The molecule has 4 nitrogen and oxygen atoms in total. The lowest BCUT2D eigenvalue weighted by atomic mass is 10.2. The monoisotopic (exact) mass is 316 g/mol. The van der Waals surface area contributed by atoms with Crippen molar-refractivity contribution in [3.05, 3.63) is 18.2 Å². The molecular formula is C12H16N2O2S3. The summed E-state index contributed by atoms with van der Waals surface area (Å²) in [5, 5.41) is 3.21. The van der Waals surface area contributed by atoms with E-state index in [0.29, 0.717) is 0 Å². The fraction of sp³-hybridized carbons (Fsp3) is 0.417. The van der Waals surface area contributed by atoms with Crippen molar-refractivity contribution >= 4 is 48.8 Å². The van der Waals surface area contributed by atoms with E-state index in [1.54, 1.807) is 23.1 Å². The van der Waals surface area contributed by atoms with Gasteiger partial charge in [0.05, 0.1) is 16.0 Å². The average molecular weight is 316 g/mol. The minimum Gasteiger partial charge on any atom is -0.382 e. The summed E-state index contributed by atoms with van der Waals surface area (Å²) in [7, 11) is -2.96. The van der Waals surface area contributed by atoms with Gasteiger partial charge in [0, 0.05) is 18.0 Å². The fourth-order valence-electron chi connectivity index (χ4n) is 1.86. The lowest BCUT2D eigenvalue weighted by Crippen LogP contribution is -2.24. The molecule has 0 saturated carbocycles. The summed E-state index contributed by atoms with van der Waals surface area (Å²) < 4.78 is 24.6. The average Bonchev–Trinajstić information content (AvgIpc) is 2.68. The van der Waals surface area contributed by atoms with Crippen molar-refractivity contribution in [1.82, 2.24) is 4.98 Å². The summed E-state index contributed by atoms with van der Waals surface area (Å²) in [6.07, 6.45) is 3.26. The number of anilines is 1. The number of thioether (sulfide) groups is 1. The highest BCUT2D eigenvalue weighted by Crippen LogP contribution is 2.30. The Labute approximate surface area is 121 Å². The SMILES string of the molecule is CSc1nc2ccc(NC(C)CS(C)(=O)=O)cc2s1. The highest BCUT2D eigenvalue weighted by molar-refractivity contribution is 8.00. The van der Waals surface area contributed by atoms with Crippen LogP contribution in [0.1, 0.15) is 6.92 Å². The Balaban J connectivity index is 2.17. The van der Waals surface area contributed by atoms with Crippen molar-refractivity contribution in [2.75, 3.05) is 23.6 Å². The van der Waals surface area contributed by atoms with Gasteiger partial charge < -0.3 is 5.32 Å². The van der Waals surface area contributed by atoms with E-state index in [1.807, 2.05) is 31.4 Å². The van der Waals surface area contributed by atoms with Gasteiger partial charge in [-0.3, -0.25) is 0 Å². The van der Waals surface area contributed by atoms with Crippen LogP contribution in [-0.4, -0.2) is 37.7 Å². The fourth-order valence-corrected chi connectivity index (χ4v) is 4.38. The van der Waals surface area contributed by atoms with Crippen molar-refractivity contribution < 1.29 is 8.42 Å².